The van der Waals surface area contributed by atoms with Crippen LogP contribution in [0.5, 0.6) is 5.75 Å². The average Bonchev–Trinajstić information content (AvgIpc) is 2.43. The van der Waals surface area contributed by atoms with Gasteiger partial charge in [-0.3, -0.25) is 9.71 Å². The summed E-state index contributed by atoms with van der Waals surface area (Å²) in [5.74, 6) is 0.269. The number of nitrogens with zero attached hydrogens (tertiary/aromatic N) is 1. The predicted molar refractivity (Wildman–Crippen MR) is 81.8 cm³/mol. The highest BCUT2D eigenvalue weighted by Gasteiger charge is 2.21. The van der Waals surface area contributed by atoms with Gasteiger partial charge in [-0.25, -0.2) is 8.42 Å². The molecule has 2 rings (SSSR count). The first kappa shape index (κ1) is 15.1. The molecule has 2 aromatic rings. The second-order valence-corrected chi connectivity index (χ2v) is 6.09. The number of aryl methyl sites for hydroxylation is 1. The van der Waals surface area contributed by atoms with Crippen molar-refractivity contribution in [3.8, 4) is 5.75 Å². The lowest BCUT2D eigenvalue weighted by Crippen LogP contribution is -2.15. The highest BCUT2D eigenvalue weighted by molar-refractivity contribution is 7.92. The fraction of sp³-hybridized carbons (Fsp3) is 0.214. The smallest absolute Gasteiger partial charge is 0.265 e. The molecule has 0 aliphatic rings. The SMILES string of the molecule is CCOc1ccc(N)cc1S(=O)(=O)Nc1ccncc1C. The maximum absolute atomic E-state index is 12.5. The standard InChI is InChI=1S/C14H17N3O3S/c1-3-20-13-5-4-11(15)8-14(13)21(18,19)17-12-6-7-16-9-10(12)2/h4-9H,3,15H2,1-2H3,(H,16,17). The van der Waals surface area contributed by atoms with Crippen LogP contribution < -0.4 is 15.2 Å². The number of aromatic nitrogens is 1. The number of nitrogen functional groups attached to an aromatic ring is 1. The lowest BCUT2D eigenvalue weighted by molar-refractivity contribution is 0.331. The Balaban J connectivity index is 2.44. The van der Waals surface area contributed by atoms with E-state index in [4.69, 9.17) is 10.5 Å². The summed E-state index contributed by atoms with van der Waals surface area (Å²) in [5, 5.41) is 0. The van der Waals surface area contributed by atoms with Crippen LogP contribution in [-0.2, 0) is 10.0 Å². The van der Waals surface area contributed by atoms with E-state index in [9.17, 15) is 8.42 Å². The number of anilines is 2. The van der Waals surface area contributed by atoms with Gasteiger partial charge < -0.3 is 10.5 Å². The minimum atomic E-state index is -3.79. The fourth-order valence-electron chi connectivity index (χ4n) is 1.80. The van der Waals surface area contributed by atoms with E-state index in [2.05, 4.69) is 9.71 Å². The Kier molecular flexibility index (Phi) is 4.32. The van der Waals surface area contributed by atoms with Gasteiger partial charge >= 0.3 is 0 Å². The van der Waals surface area contributed by atoms with Crippen molar-refractivity contribution in [3.63, 3.8) is 0 Å². The van der Waals surface area contributed by atoms with Gasteiger partial charge in [-0.05, 0) is 43.7 Å². The van der Waals surface area contributed by atoms with Crippen molar-refractivity contribution in [2.75, 3.05) is 17.1 Å². The molecule has 0 bridgehead atoms. The van der Waals surface area contributed by atoms with Crippen LogP contribution in [0.1, 0.15) is 12.5 Å². The quantitative estimate of drug-likeness (QED) is 0.826. The molecule has 0 aliphatic carbocycles. The summed E-state index contributed by atoms with van der Waals surface area (Å²) < 4.78 is 33.0. The summed E-state index contributed by atoms with van der Waals surface area (Å²) in [5.41, 5.74) is 7.23. The van der Waals surface area contributed by atoms with Crippen molar-refractivity contribution in [1.29, 1.82) is 0 Å². The molecule has 0 aliphatic heterocycles. The maximum atomic E-state index is 12.5. The van der Waals surface area contributed by atoms with Crippen LogP contribution in [0.25, 0.3) is 0 Å². The van der Waals surface area contributed by atoms with Gasteiger partial charge in [0.2, 0.25) is 0 Å². The Labute approximate surface area is 124 Å². The Morgan fingerprint density at radius 1 is 1.33 bits per heavy atom. The average molecular weight is 307 g/mol. The second kappa shape index (κ2) is 6.01. The number of nitrogens with two attached hydrogens (primary N) is 1. The number of rotatable bonds is 5. The minimum absolute atomic E-state index is 0.0144. The lowest BCUT2D eigenvalue weighted by Gasteiger charge is -2.14. The van der Waals surface area contributed by atoms with Gasteiger partial charge in [0, 0.05) is 18.1 Å². The third-order valence-corrected chi connectivity index (χ3v) is 4.21. The van der Waals surface area contributed by atoms with Crippen molar-refractivity contribution in [2.24, 2.45) is 0 Å². The Morgan fingerprint density at radius 2 is 2.10 bits per heavy atom. The molecule has 0 saturated heterocycles. The van der Waals surface area contributed by atoms with Gasteiger partial charge in [0.1, 0.15) is 10.6 Å². The normalized spacial score (nSPS) is 11.1. The molecule has 6 nitrogen and oxygen atoms in total. The highest BCUT2D eigenvalue weighted by atomic mass is 32.2. The molecule has 0 amide bonds. The van der Waals surface area contributed by atoms with Gasteiger partial charge in [0.15, 0.2) is 0 Å². The van der Waals surface area contributed by atoms with Gasteiger partial charge in [-0.1, -0.05) is 0 Å². The van der Waals surface area contributed by atoms with Crippen molar-refractivity contribution in [1.82, 2.24) is 4.98 Å². The molecular weight excluding hydrogens is 290 g/mol. The van der Waals surface area contributed by atoms with Crippen LogP contribution in [0.15, 0.2) is 41.6 Å². The molecule has 1 aromatic carbocycles. The zero-order chi connectivity index (χ0) is 15.5. The first-order valence-corrected chi connectivity index (χ1v) is 7.88. The highest BCUT2D eigenvalue weighted by Crippen LogP contribution is 2.28. The van der Waals surface area contributed by atoms with Crippen molar-refractivity contribution < 1.29 is 13.2 Å². The van der Waals surface area contributed by atoms with Crippen LogP contribution in [-0.4, -0.2) is 20.0 Å². The predicted octanol–water partition coefficient (Wildman–Crippen LogP) is 2.17. The minimum Gasteiger partial charge on any atom is -0.492 e. The summed E-state index contributed by atoms with van der Waals surface area (Å²) in [6.45, 7) is 3.92. The van der Waals surface area contributed by atoms with E-state index in [1.165, 1.54) is 12.3 Å². The van der Waals surface area contributed by atoms with Crippen LogP contribution in [0.4, 0.5) is 11.4 Å². The molecule has 7 heteroatoms. The molecule has 0 radical (unpaired) electrons. The van der Waals surface area contributed by atoms with Gasteiger partial charge in [0.25, 0.3) is 10.0 Å². The van der Waals surface area contributed by atoms with Crippen molar-refractivity contribution in [3.05, 3.63) is 42.2 Å². The maximum Gasteiger partial charge on any atom is 0.265 e. The van der Waals surface area contributed by atoms with Gasteiger partial charge in [0.05, 0.1) is 12.3 Å². The molecule has 21 heavy (non-hydrogen) atoms. The number of benzene rings is 1. The van der Waals surface area contributed by atoms with E-state index >= 15 is 0 Å². The third-order valence-electron chi connectivity index (χ3n) is 2.82. The van der Waals surface area contributed by atoms with Crippen molar-refractivity contribution >= 4 is 21.4 Å². The molecule has 0 unspecified atom stereocenters. The van der Waals surface area contributed by atoms with E-state index in [0.29, 0.717) is 18.0 Å². The molecule has 0 fully saturated rings. The van der Waals surface area contributed by atoms with Gasteiger partial charge in [-0.15, -0.1) is 0 Å². The Bertz CT molecular complexity index is 745. The number of sulfonamides is 1. The van der Waals surface area contributed by atoms with E-state index < -0.39 is 10.0 Å². The molecule has 0 saturated carbocycles. The Morgan fingerprint density at radius 3 is 2.76 bits per heavy atom. The Hall–Kier alpha value is -2.28. The number of ether oxygens (including phenoxy) is 1. The largest absolute Gasteiger partial charge is 0.492 e. The number of nitrogens with one attached hydrogen (secondary N) is 1. The molecule has 3 N–H and O–H groups in total. The summed E-state index contributed by atoms with van der Waals surface area (Å²) in [6.07, 6.45) is 3.11. The monoisotopic (exact) mass is 307 g/mol. The zero-order valence-electron chi connectivity index (χ0n) is 11.8. The molecular formula is C14H17N3O3S. The lowest BCUT2D eigenvalue weighted by atomic mass is 10.3. The number of hydrogen-bond donors (Lipinski definition) is 2. The molecule has 1 heterocycles. The molecule has 0 atom stereocenters. The van der Waals surface area contributed by atoms with Crippen molar-refractivity contribution in [2.45, 2.75) is 18.7 Å². The summed E-state index contributed by atoms with van der Waals surface area (Å²) in [6, 6.07) is 6.12. The third kappa shape index (κ3) is 3.43. The van der Waals surface area contributed by atoms with E-state index in [1.54, 1.807) is 38.2 Å². The zero-order valence-corrected chi connectivity index (χ0v) is 12.6. The second-order valence-electron chi connectivity index (χ2n) is 4.44. The molecule has 0 spiro atoms. The summed E-state index contributed by atoms with van der Waals surface area (Å²) in [4.78, 5) is 3.94. The fourth-order valence-corrected chi connectivity index (χ4v) is 3.11. The molecule has 112 valence electrons. The van der Waals surface area contributed by atoms with Crippen LogP contribution in [0.3, 0.4) is 0 Å². The van der Waals surface area contributed by atoms with Crippen LogP contribution in [0.2, 0.25) is 0 Å². The summed E-state index contributed by atoms with van der Waals surface area (Å²) in [7, 11) is -3.79. The van der Waals surface area contributed by atoms with Gasteiger partial charge in [-0.2, -0.15) is 0 Å². The first-order valence-electron chi connectivity index (χ1n) is 6.40. The van der Waals surface area contributed by atoms with Crippen LogP contribution >= 0.6 is 0 Å². The number of pyridine rings is 1. The molecule has 1 aromatic heterocycles. The van der Waals surface area contributed by atoms with E-state index in [1.807, 2.05) is 0 Å². The topological polar surface area (TPSA) is 94.3 Å². The van der Waals surface area contributed by atoms with E-state index in [-0.39, 0.29) is 10.6 Å². The summed E-state index contributed by atoms with van der Waals surface area (Å²) >= 11 is 0. The first-order chi connectivity index (χ1) is 9.94. The number of hydrogen-bond acceptors (Lipinski definition) is 5. The van der Waals surface area contributed by atoms with Crippen LogP contribution in [0, 0.1) is 6.92 Å². The van der Waals surface area contributed by atoms with E-state index in [0.717, 1.165) is 5.56 Å².